The smallest absolute Gasteiger partial charge is 0.360 e. The van der Waals surface area contributed by atoms with Crippen LogP contribution in [-0.4, -0.2) is 28.8 Å². The first kappa shape index (κ1) is 19.2. The molecule has 0 bridgehead atoms. The maximum atomic E-state index is 12.4. The van der Waals surface area contributed by atoms with Crippen LogP contribution in [0.15, 0.2) is 40.9 Å². The molecule has 3 rings (SSSR count). The maximum absolute atomic E-state index is 12.4. The molecule has 8 heteroatoms. The molecule has 8 nitrogen and oxygen atoms in total. The lowest BCUT2D eigenvalue weighted by Gasteiger charge is -2.08. The van der Waals surface area contributed by atoms with Crippen molar-refractivity contribution in [3.05, 3.63) is 64.9 Å². The first-order valence-corrected chi connectivity index (χ1v) is 8.59. The predicted molar refractivity (Wildman–Crippen MR) is 101 cm³/mol. The van der Waals surface area contributed by atoms with Crippen LogP contribution in [-0.2, 0) is 18.4 Å². The third-order valence-corrected chi connectivity index (χ3v) is 4.05. The number of hydrogen-bond acceptors (Lipinski definition) is 6. The van der Waals surface area contributed by atoms with Crippen molar-refractivity contribution >= 4 is 17.6 Å². The summed E-state index contributed by atoms with van der Waals surface area (Å²) >= 11 is 0. The Morgan fingerprint density at radius 1 is 1.21 bits per heavy atom. The van der Waals surface area contributed by atoms with Crippen LogP contribution in [0.25, 0.3) is 0 Å². The van der Waals surface area contributed by atoms with E-state index in [-0.39, 0.29) is 23.7 Å². The molecule has 2 aromatic heterocycles. The predicted octanol–water partition coefficient (Wildman–Crippen LogP) is 3.25. The van der Waals surface area contributed by atoms with Gasteiger partial charge in [0.1, 0.15) is 18.1 Å². The molecule has 0 saturated heterocycles. The Morgan fingerprint density at radius 2 is 2.00 bits per heavy atom. The topological polar surface area (TPSA) is 95.6 Å². The number of aromatic nitrogens is 2. The fourth-order valence-corrected chi connectivity index (χ4v) is 2.60. The molecular weight excluding hydrogens is 362 g/mol. The second kappa shape index (κ2) is 7.99. The van der Waals surface area contributed by atoms with Crippen LogP contribution < -0.4 is 10.1 Å². The zero-order chi connectivity index (χ0) is 20.3. The molecule has 28 heavy (non-hydrogen) atoms. The SMILES string of the molecule is COC(=O)c1nn(C)cc1NC(=O)c1ccc(COc2cc(C)ccc2C)o1. The van der Waals surface area contributed by atoms with Crippen LogP contribution in [0.2, 0.25) is 0 Å². The minimum atomic E-state index is -0.641. The molecule has 0 spiro atoms. The van der Waals surface area contributed by atoms with E-state index in [2.05, 4.69) is 15.2 Å². The molecule has 1 aromatic carbocycles. The quantitative estimate of drug-likeness (QED) is 0.657. The van der Waals surface area contributed by atoms with Crippen molar-refractivity contribution in [1.29, 1.82) is 0 Å². The molecule has 0 aliphatic rings. The summed E-state index contributed by atoms with van der Waals surface area (Å²) < 4.78 is 17.4. The van der Waals surface area contributed by atoms with Gasteiger partial charge in [-0.05, 0) is 43.2 Å². The second-order valence-electron chi connectivity index (χ2n) is 6.33. The van der Waals surface area contributed by atoms with Crippen molar-refractivity contribution in [2.24, 2.45) is 7.05 Å². The Labute approximate surface area is 162 Å². The van der Waals surface area contributed by atoms with Crippen LogP contribution in [0.4, 0.5) is 5.69 Å². The van der Waals surface area contributed by atoms with Crippen molar-refractivity contribution < 1.29 is 23.5 Å². The Balaban J connectivity index is 1.68. The summed E-state index contributed by atoms with van der Waals surface area (Å²) in [4.78, 5) is 24.2. The van der Waals surface area contributed by atoms with Gasteiger partial charge in [0.2, 0.25) is 0 Å². The van der Waals surface area contributed by atoms with Gasteiger partial charge in [0.15, 0.2) is 11.5 Å². The van der Waals surface area contributed by atoms with Gasteiger partial charge in [-0.25, -0.2) is 4.79 Å². The van der Waals surface area contributed by atoms with Gasteiger partial charge in [-0.1, -0.05) is 12.1 Å². The van der Waals surface area contributed by atoms with Crippen molar-refractivity contribution in [3.63, 3.8) is 0 Å². The summed E-state index contributed by atoms with van der Waals surface area (Å²) in [7, 11) is 2.88. The fourth-order valence-electron chi connectivity index (χ4n) is 2.60. The number of hydrogen-bond donors (Lipinski definition) is 1. The minimum absolute atomic E-state index is 0.0170. The lowest BCUT2D eigenvalue weighted by atomic mass is 10.1. The average Bonchev–Trinajstić information content (AvgIpc) is 3.28. The Kier molecular flexibility index (Phi) is 5.49. The average molecular weight is 383 g/mol. The van der Waals surface area contributed by atoms with Gasteiger partial charge >= 0.3 is 5.97 Å². The summed E-state index contributed by atoms with van der Waals surface area (Å²) in [6.45, 7) is 4.14. The number of ether oxygens (including phenoxy) is 2. The van der Waals surface area contributed by atoms with Gasteiger partial charge in [-0.3, -0.25) is 9.48 Å². The van der Waals surface area contributed by atoms with Crippen molar-refractivity contribution in [1.82, 2.24) is 9.78 Å². The van der Waals surface area contributed by atoms with Crippen LogP contribution >= 0.6 is 0 Å². The number of carbonyl (C=O) groups is 2. The molecule has 0 unspecified atom stereocenters. The number of carbonyl (C=O) groups excluding carboxylic acids is 2. The number of esters is 1. The molecule has 0 aliphatic heterocycles. The standard InChI is InChI=1S/C20H21N3O5/c1-12-5-6-13(2)17(9-12)27-11-14-7-8-16(28-14)19(24)21-15-10-23(3)22-18(15)20(25)26-4/h5-10H,11H2,1-4H3,(H,21,24). The number of anilines is 1. The van der Waals surface area contributed by atoms with Crippen LogP contribution in [0.3, 0.4) is 0 Å². The number of rotatable bonds is 6. The summed E-state index contributed by atoms with van der Waals surface area (Å²) in [6.07, 6.45) is 1.51. The number of amides is 1. The zero-order valence-electron chi connectivity index (χ0n) is 16.1. The van der Waals surface area contributed by atoms with Gasteiger partial charge in [0.25, 0.3) is 5.91 Å². The second-order valence-corrected chi connectivity index (χ2v) is 6.33. The highest BCUT2D eigenvalue weighted by Crippen LogP contribution is 2.21. The molecule has 3 aromatic rings. The highest BCUT2D eigenvalue weighted by Gasteiger charge is 2.20. The third kappa shape index (κ3) is 4.22. The van der Waals surface area contributed by atoms with Crippen molar-refractivity contribution in [2.45, 2.75) is 20.5 Å². The van der Waals surface area contributed by atoms with E-state index in [9.17, 15) is 9.59 Å². The van der Waals surface area contributed by atoms with E-state index in [0.717, 1.165) is 16.9 Å². The van der Waals surface area contributed by atoms with Crippen molar-refractivity contribution in [3.8, 4) is 5.75 Å². The first-order chi connectivity index (χ1) is 13.4. The summed E-state index contributed by atoms with van der Waals surface area (Å²) in [5.74, 6) is 0.222. The van der Waals surface area contributed by atoms with E-state index in [1.807, 2.05) is 32.0 Å². The largest absolute Gasteiger partial charge is 0.485 e. The molecule has 0 radical (unpaired) electrons. The molecule has 1 N–H and O–H groups in total. The van der Waals surface area contributed by atoms with Crippen LogP contribution in [0, 0.1) is 13.8 Å². The number of furan rings is 1. The van der Waals surface area contributed by atoms with Gasteiger partial charge in [0.05, 0.1) is 12.8 Å². The monoisotopic (exact) mass is 383 g/mol. The number of methoxy groups -OCH3 is 1. The lowest BCUT2D eigenvalue weighted by molar-refractivity contribution is 0.0594. The van der Waals surface area contributed by atoms with Gasteiger partial charge in [0, 0.05) is 13.2 Å². The van der Waals surface area contributed by atoms with E-state index in [0.29, 0.717) is 5.76 Å². The lowest BCUT2D eigenvalue weighted by Crippen LogP contribution is -2.14. The van der Waals surface area contributed by atoms with E-state index >= 15 is 0 Å². The molecule has 146 valence electrons. The number of aryl methyl sites for hydroxylation is 3. The molecular formula is C20H21N3O5. The number of nitrogens with zero attached hydrogens (tertiary/aromatic N) is 2. The molecule has 0 fully saturated rings. The van der Waals surface area contributed by atoms with E-state index in [1.165, 1.54) is 18.0 Å². The molecule has 0 aliphatic carbocycles. The van der Waals surface area contributed by atoms with Gasteiger partial charge in [-0.2, -0.15) is 5.10 Å². The molecule has 0 saturated carbocycles. The number of nitrogens with one attached hydrogen (secondary N) is 1. The normalized spacial score (nSPS) is 10.6. The summed E-state index contributed by atoms with van der Waals surface area (Å²) in [5, 5.41) is 6.60. The van der Waals surface area contributed by atoms with Gasteiger partial charge < -0.3 is 19.2 Å². The first-order valence-electron chi connectivity index (χ1n) is 8.59. The summed E-state index contributed by atoms with van der Waals surface area (Å²) in [6, 6.07) is 9.16. The molecule has 2 heterocycles. The third-order valence-electron chi connectivity index (χ3n) is 4.05. The summed E-state index contributed by atoms with van der Waals surface area (Å²) in [5.41, 5.74) is 2.37. The van der Waals surface area contributed by atoms with Crippen molar-refractivity contribution in [2.75, 3.05) is 12.4 Å². The Bertz CT molecular complexity index is 1020. The fraction of sp³-hybridized carbons (Fsp3) is 0.250. The van der Waals surface area contributed by atoms with E-state index in [1.54, 1.807) is 19.2 Å². The van der Waals surface area contributed by atoms with Crippen LogP contribution in [0.5, 0.6) is 5.75 Å². The molecule has 1 amide bonds. The Hall–Kier alpha value is -3.55. The highest BCUT2D eigenvalue weighted by molar-refractivity contribution is 6.05. The zero-order valence-corrected chi connectivity index (χ0v) is 16.1. The minimum Gasteiger partial charge on any atom is -0.485 e. The maximum Gasteiger partial charge on any atom is 0.360 e. The van der Waals surface area contributed by atoms with Gasteiger partial charge in [-0.15, -0.1) is 0 Å². The van der Waals surface area contributed by atoms with Crippen LogP contribution in [0.1, 0.15) is 37.9 Å². The van der Waals surface area contributed by atoms with E-state index in [4.69, 9.17) is 9.15 Å². The van der Waals surface area contributed by atoms with E-state index < -0.39 is 11.9 Å². The Morgan fingerprint density at radius 3 is 2.75 bits per heavy atom. The number of benzene rings is 1. The highest BCUT2D eigenvalue weighted by atomic mass is 16.5. The molecule has 0 atom stereocenters.